The largest absolute Gasteiger partial charge is 0.508 e. The zero-order valence-corrected chi connectivity index (χ0v) is 13.5. The fourth-order valence-electron chi connectivity index (χ4n) is 3.92. The third kappa shape index (κ3) is 1.81. The molecule has 0 saturated carbocycles. The van der Waals surface area contributed by atoms with Crippen molar-refractivity contribution in [2.45, 2.75) is 24.1 Å². The zero-order chi connectivity index (χ0) is 18.1. The Balaban J connectivity index is 1.80. The van der Waals surface area contributed by atoms with Gasteiger partial charge in [0.1, 0.15) is 29.5 Å². The summed E-state index contributed by atoms with van der Waals surface area (Å²) in [6, 6.07) is 15.6. The Morgan fingerprint density at radius 3 is 2.08 bits per heavy atom. The monoisotopic (exact) mass is 352 g/mol. The summed E-state index contributed by atoms with van der Waals surface area (Å²) in [4.78, 5) is 0. The van der Waals surface area contributed by atoms with Crippen LogP contribution in [0.3, 0.4) is 0 Å². The number of rotatable bonds is 0. The maximum absolute atomic E-state index is 10.8. The number of aliphatic hydroxyl groups excluding tert-OH is 3. The van der Waals surface area contributed by atoms with E-state index in [4.69, 9.17) is 9.47 Å². The summed E-state index contributed by atoms with van der Waals surface area (Å²) in [6.45, 7) is 0. The van der Waals surface area contributed by atoms with Crippen LogP contribution in [0.4, 0.5) is 0 Å². The molecule has 0 aromatic heterocycles. The van der Waals surface area contributed by atoms with Crippen LogP contribution in [0.2, 0.25) is 0 Å². The molecule has 0 fully saturated rings. The molecular formula is C20H16O6. The van der Waals surface area contributed by atoms with Crippen molar-refractivity contribution in [1.29, 1.82) is 0 Å². The highest BCUT2D eigenvalue weighted by Crippen LogP contribution is 2.52. The van der Waals surface area contributed by atoms with Gasteiger partial charge >= 0.3 is 5.79 Å². The van der Waals surface area contributed by atoms with Gasteiger partial charge in [-0.3, -0.25) is 0 Å². The summed E-state index contributed by atoms with van der Waals surface area (Å²) in [5.41, 5.74) is 0.353. The standard InChI is InChI=1S/C20H16O6/c21-12-7-3-6-11-16(12)17(22)18(23)19(24)20(11)25-13-8-1-4-10-5-2-9-14(26-20)15(10)13/h1-9,17-19,21-24H/t17-,18+,19-/m1/s1. The van der Waals surface area contributed by atoms with Gasteiger partial charge in [0, 0.05) is 11.1 Å². The van der Waals surface area contributed by atoms with Gasteiger partial charge < -0.3 is 29.9 Å². The van der Waals surface area contributed by atoms with Gasteiger partial charge in [0.2, 0.25) is 0 Å². The van der Waals surface area contributed by atoms with Crippen molar-refractivity contribution in [2.24, 2.45) is 0 Å². The molecule has 2 aliphatic rings. The molecule has 3 atom stereocenters. The van der Waals surface area contributed by atoms with Crippen LogP contribution in [0.25, 0.3) is 10.8 Å². The predicted molar refractivity (Wildman–Crippen MR) is 92.0 cm³/mol. The van der Waals surface area contributed by atoms with E-state index in [0.29, 0.717) is 11.5 Å². The first-order valence-electron chi connectivity index (χ1n) is 8.29. The van der Waals surface area contributed by atoms with Crippen LogP contribution in [0.15, 0.2) is 54.6 Å². The van der Waals surface area contributed by atoms with Crippen LogP contribution in [0.5, 0.6) is 17.2 Å². The fourth-order valence-corrected chi connectivity index (χ4v) is 3.92. The van der Waals surface area contributed by atoms with Gasteiger partial charge in [0.15, 0.2) is 6.10 Å². The van der Waals surface area contributed by atoms with Crippen molar-refractivity contribution in [3.05, 3.63) is 65.7 Å². The minimum absolute atomic E-state index is 0.0804. The quantitative estimate of drug-likeness (QED) is 0.493. The molecule has 1 aliphatic carbocycles. The van der Waals surface area contributed by atoms with Crippen LogP contribution in [-0.4, -0.2) is 32.6 Å². The number of phenolic OH excluding ortho intramolecular Hbond substituents is 1. The summed E-state index contributed by atoms with van der Waals surface area (Å²) in [6.07, 6.45) is -4.64. The van der Waals surface area contributed by atoms with E-state index in [-0.39, 0.29) is 16.9 Å². The number of hydrogen-bond donors (Lipinski definition) is 4. The number of ether oxygens (including phenoxy) is 2. The number of phenols is 1. The Hall–Kier alpha value is -2.80. The smallest absolute Gasteiger partial charge is 0.307 e. The van der Waals surface area contributed by atoms with Gasteiger partial charge in [-0.25, -0.2) is 0 Å². The Bertz CT molecular complexity index is 989. The zero-order valence-electron chi connectivity index (χ0n) is 13.5. The van der Waals surface area contributed by atoms with Gasteiger partial charge in [-0.05, 0) is 23.6 Å². The molecule has 0 amide bonds. The molecule has 0 radical (unpaired) electrons. The molecule has 6 heteroatoms. The number of benzene rings is 3. The van der Waals surface area contributed by atoms with Crippen molar-refractivity contribution in [2.75, 3.05) is 0 Å². The molecule has 1 heterocycles. The summed E-state index contributed by atoms with van der Waals surface area (Å²) in [5, 5.41) is 43.5. The second-order valence-electron chi connectivity index (χ2n) is 6.60. The Morgan fingerprint density at radius 2 is 1.42 bits per heavy atom. The van der Waals surface area contributed by atoms with Gasteiger partial charge in [-0.15, -0.1) is 0 Å². The third-order valence-electron chi connectivity index (χ3n) is 5.14. The lowest BCUT2D eigenvalue weighted by molar-refractivity contribution is -0.248. The van der Waals surface area contributed by atoms with E-state index in [0.717, 1.165) is 10.8 Å². The molecule has 1 aliphatic heterocycles. The first-order valence-corrected chi connectivity index (χ1v) is 8.29. The Kier molecular flexibility index (Phi) is 3.04. The number of hydrogen-bond acceptors (Lipinski definition) is 6. The number of aliphatic hydroxyl groups is 3. The molecular weight excluding hydrogens is 336 g/mol. The van der Waals surface area contributed by atoms with Crippen LogP contribution >= 0.6 is 0 Å². The van der Waals surface area contributed by atoms with Crippen molar-refractivity contribution in [3.8, 4) is 17.2 Å². The van der Waals surface area contributed by atoms with E-state index < -0.39 is 24.1 Å². The Labute approximate surface area is 148 Å². The van der Waals surface area contributed by atoms with Gasteiger partial charge in [0.25, 0.3) is 0 Å². The lowest BCUT2D eigenvalue weighted by Crippen LogP contribution is -2.60. The minimum atomic E-state index is -1.78. The molecule has 1 spiro atoms. The summed E-state index contributed by atoms with van der Waals surface area (Å²) >= 11 is 0. The molecule has 0 unspecified atom stereocenters. The molecule has 0 bridgehead atoms. The Morgan fingerprint density at radius 1 is 0.808 bits per heavy atom. The second kappa shape index (κ2) is 5.11. The second-order valence-corrected chi connectivity index (χ2v) is 6.60. The van der Waals surface area contributed by atoms with Crippen molar-refractivity contribution in [3.63, 3.8) is 0 Å². The summed E-state index contributed by atoms with van der Waals surface area (Å²) < 4.78 is 12.2. The number of fused-ring (bicyclic) bond motifs is 2. The van der Waals surface area contributed by atoms with Crippen molar-refractivity contribution < 1.29 is 29.9 Å². The van der Waals surface area contributed by atoms with Gasteiger partial charge in [-0.1, -0.05) is 36.4 Å². The highest BCUT2D eigenvalue weighted by molar-refractivity contribution is 5.94. The minimum Gasteiger partial charge on any atom is -0.508 e. The summed E-state index contributed by atoms with van der Waals surface area (Å²) in [5.74, 6) is -1.01. The van der Waals surface area contributed by atoms with Gasteiger partial charge in [0.05, 0.1) is 5.39 Å². The topological polar surface area (TPSA) is 99.4 Å². The van der Waals surface area contributed by atoms with E-state index in [1.807, 2.05) is 24.3 Å². The first-order chi connectivity index (χ1) is 12.5. The molecule has 132 valence electrons. The lowest BCUT2D eigenvalue weighted by Gasteiger charge is -2.47. The summed E-state index contributed by atoms with van der Waals surface area (Å²) in [7, 11) is 0. The maximum Gasteiger partial charge on any atom is 0.307 e. The van der Waals surface area contributed by atoms with Crippen LogP contribution in [0, 0.1) is 0 Å². The molecule has 3 aromatic carbocycles. The molecule has 4 N–H and O–H groups in total. The molecule has 0 saturated heterocycles. The highest BCUT2D eigenvalue weighted by Gasteiger charge is 2.58. The third-order valence-corrected chi connectivity index (χ3v) is 5.14. The van der Waals surface area contributed by atoms with E-state index in [1.165, 1.54) is 6.07 Å². The van der Waals surface area contributed by atoms with E-state index in [1.54, 1.807) is 24.3 Å². The predicted octanol–water partition coefficient (Wildman–Crippen LogP) is 1.94. The SMILES string of the molecule is Oc1cccc2c1[C@@H](O)[C@H](O)[C@@H](O)C21Oc2cccc3cccc(c23)O1. The first kappa shape index (κ1) is 15.5. The van der Waals surface area contributed by atoms with E-state index in [9.17, 15) is 20.4 Å². The highest BCUT2D eigenvalue weighted by atomic mass is 16.7. The molecule has 6 nitrogen and oxygen atoms in total. The molecule has 3 aromatic rings. The van der Waals surface area contributed by atoms with Crippen molar-refractivity contribution >= 4 is 10.8 Å². The molecule has 5 rings (SSSR count). The van der Waals surface area contributed by atoms with Crippen molar-refractivity contribution in [1.82, 2.24) is 0 Å². The number of aromatic hydroxyl groups is 1. The maximum atomic E-state index is 10.8. The van der Waals surface area contributed by atoms with Crippen LogP contribution in [0.1, 0.15) is 17.2 Å². The van der Waals surface area contributed by atoms with Crippen LogP contribution in [-0.2, 0) is 5.79 Å². The normalized spacial score (nSPS) is 25.4. The average Bonchev–Trinajstić information content (AvgIpc) is 2.65. The van der Waals surface area contributed by atoms with Gasteiger partial charge in [-0.2, -0.15) is 0 Å². The van der Waals surface area contributed by atoms with E-state index >= 15 is 0 Å². The molecule has 26 heavy (non-hydrogen) atoms. The fraction of sp³-hybridized carbons (Fsp3) is 0.200. The lowest BCUT2D eigenvalue weighted by atomic mass is 9.79. The van der Waals surface area contributed by atoms with E-state index in [2.05, 4.69) is 0 Å². The average molecular weight is 352 g/mol. The van der Waals surface area contributed by atoms with Crippen LogP contribution < -0.4 is 9.47 Å².